The lowest BCUT2D eigenvalue weighted by Gasteiger charge is -2.46. The first-order chi connectivity index (χ1) is 11.4. The van der Waals surface area contributed by atoms with Crippen molar-refractivity contribution in [2.24, 2.45) is 0 Å². The van der Waals surface area contributed by atoms with E-state index in [1.165, 1.54) is 45.4 Å². The predicted molar refractivity (Wildman–Crippen MR) is 92.8 cm³/mol. The van der Waals surface area contributed by atoms with Gasteiger partial charge in [0.05, 0.1) is 13.2 Å². The third-order valence-electron chi connectivity index (χ3n) is 5.94. The minimum atomic E-state index is 0.240. The van der Waals surface area contributed by atoms with Crippen LogP contribution in [0.1, 0.15) is 24.0 Å². The molecule has 3 aliphatic rings. The summed E-state index contributed by atoms with van der Waals surface area (Å²) in [5.74, 6) is 0. The predicted octanol–water partition coefficient (Wildman–Crippen LogP) is 1.46. The van der Waals surface area contributed by atoms with Crippen LogP contribution in [0.5, 0.6) is 0 Å². The Morgan fingerprint density at radius 2 is 1.65 bits per heavy atom. The monoisotopic (exact) mass is 315 g/mol. The molecule has 0 aliphatic carbocycles. The van der Waals surface area contributed by atoms with E-state index in [0.29, 0.717) is 0 Å². The van der Waals surface area contributed by atoms with Gasteiger partial charge < -0.3 is 15.0 Å². The first-order valence-electron chi connectivity index (χ1n) is 9.22. The average Bonchev–Trinajstić information content (AvgIpc) is 2.63. The Morgan fingerprint density at radius 3 is 2.43 bits per heavy atom. The topological polar surface area (TPSA) is 27.7 Å². The lowest BCUT2D eigenvalue weighted by atomic mass is 9.76. The Labute approximate surface area is 139 Å². The zero-order chi connectivity index (χ0) is 15.5. The van der Waals surface area contributed by atoms with Gasteiger partial charge in [0, 0.05) is 51.4 Å². The molecule has 2 fully saturated rings. The van der Waals surface area contributed by atoms with E-state index >= 15 is 0 Å². The van der Waals surface area contributed by atoms with E-state index in [-0.39, 0.29) is 5.54 Å². The summed E-state index contributed by atoms with van der Waals surface area (Å²) in [5.41, 5.74) is 3.37. The second-order valence-electron chi connectivity index (χ2n) is 7.21. The molecule has 4 rings (SSSR count). The van der Waals surface area contributed by atoms with Gasteiger partial charge in [-0.25, -0.2) is 0 Å². The molecular formula is C19H29N3O. The van der Waals surface area contributed by atoms with Crippen molar-refractivity contribution in [3.05, 3.63) is 35.4 Å². The van der Waals surface area contributed by atoms with Gasteiger partial charge in [-0.2, -0.15) is 0 Å². The van der Waals surface area contributed by atoms with Gasteiger partial charge in [0.1, 0.15) is 0 Å². The Balaban J connectivity index is 1.34. The molecule has 4 heteroatoms. The number of hydrogen-bond acceptors (Lipinski definition) is 4. The quantitative estimate of drug-likeness (QED) is 0.914. The van der Waals surface area contributed by atoms with Gasteiger partial charge in [-0.1, -0.05) is 24.3 Å². The van der Waals surface area contributed by atoms with E-state index in [2.05, 4.69) is 39.4 Å². The third-order valence-corrected chi connectivity index (χ3v) is 5.94. The number of fused-ring (bicyclic) bond motifs is 2. The lowest BCUT2D eigenvalue weighted by molar-refractivity contribution is 0.0297. The normalized spacial score (nSPS) is 25.4. The SMILES string of the molecule is c1ccc2c(c1)CCNC21CCN(CCN2CCOCC2)CC1. The van der Waals surface area contributed by atoms with E-state index in [1.54, 1.807) is 11.1 Å². The molecule has 1 spiro atoms. The molecule has 0 unspecified atom stereocenters. The van der Waals surface area contributed by atoms with Gasteiger partial charge in [0.15, 0.2) is 0 Å². The summed E-state index contributed by atoms with van der Waals surface area (Å²) >= 11 is 0. The van der Waals surface area contributed by atoms with Crippen LogP contribution < -0.4 is 5.32 Å². The molecule has 1 aromatic rings. The Morgan fingerprint density at radius 1 is 0.957 bits per heavy atom. The highest BCUT2D eigenvalue weighted by Gasteiger charge is 2.38. The van der Waals surface area contributed by atoms with Crippen LogP contribution in [-0.2, 0) is 16.7 Å². The van der Waals surface area contributed by atoms with Crippen molar-refractivity contribution >= 4 is 0 Å². The molecule has 0 amide bonds. The number of morpholine rings is 1. The summed E-state index contributed by atoms with van der Waals surface area (Å²) in [6.07, 6.45) is 3.67. The first-order valence-corrected chi connectivity index (χ1v) is 9.22. The molecule has 0 saturated carbocycles. The molecule has 1 N–H and O–H groups in total. The Hall–Kier alpha value is -0.940. The van der Waals surface area contributed by atoms with Gasteiger partial charge in [-0.15, -0.1) is 0 Å². The molecule has 3 aliphatic heterocycles. The second-order valence-corrected chi connectivity index (χ2v) is 7.21. The molecule has 3 heterocycles. The summed E-state index contributed by atoms with van der Waals surface area (Å²) < 4.78 is 5.44. The van der Waals surface area contributed by atoms with Gasteiger partial charge in [0.25, 0.3) is 0 Å². The van der Waals surface area contributed by atoms with Crippen LogP contribution in [0.3, 0.4) is 0 Å². The first kappa shape index (κ1) is 15.6. The van der Waals surface area contributed by atoms with Crippen LogP contribution in [-0.4, -0.2) is 68.8 Å². The summed E-state index contributed by atoms with van der Waals surface area (Å²) in [6, 6.07) is 9.07. The molecule has 2 saturated heterocycles. The van der Waals surface area contributed by atoms with E-state index in [4.69, 9.17) is 4.74 Å². The molecular weight excluding hydrogens is 286 g/mol. The number of piperidine rings is 1. The molecule has 0 atom stereocenters. The Bertz CT molecular complexity index is 519. The molecule has 1 aromatic carbocycles. The number of benzene rings is 1. The molecule has 23 heavy (non-hydrogen) atoms. The van der Waals surface area contributed by atoms with Crippen molar-refractivity contribution < 1.29 is 4.74 Å². The van der Waals surface area contributed by atoms with Crippen LogP contribution in [0.4, 0.5) is 0 Å². The number of rotatable bonds is 3. The maximum Gasteiger partial charge on any atom is 0.0594 e. The fourth-order valence-corrected chi connectivity index (χ4v) is 4.45. The smallest absolute Gasteiger partial charge is 0.0594 e. The van der Waals surface area contributed by atoms with Crippen LogP contribution in [0.25, 0.3) is 0 Å². The number of nitrogens with one attached hydrogen (secondary N) is 1. The number of hydrogen-bond donors (Lipinski definition) is 1. The van der Waals surface area contributed by atoms with E-state index in [0.717, 1.165) is 32.8 Å². The second kappa shape index (κ2) is 6.89. The molecule has 0 radical (unpaired) electrons. The highest BCUT2D eigenvalue weighted by molar-refractivity contribution is 5.36. The number of ether oxygens (including phenoxy) is 1. The van der Waals surface area contributed by atoms with Crippen molar-refractivity contribution in [1.29, 1.82) is 0 Å². The van der Waals surface area contributed by atoms with Crippen molar-refractivity contribution in [1.82, 2.24) is 15.1 Å². The van der Waals surface area contributed by atoms with Gasteiger partial charge in [-0.05, 0) is 30.4 Å². The maximum absolute atomic E-state index is 5.44. The fourth-order valence-electron chi connectivity index (χ4n) is 4.45. The van der Waals surface area contributed by atoms with Crippen molar-refractivity contribution in [2.75, 3.05) is 59.0 Å². The van der Waals surface area contributed by atoms with Crippen molar-refractivity contribution in [3.63, 3.8) is 0 Å². The molecule has 0 aromatic heterocycles. The van der Waals surface area contributed by atoms with Gasteiger partial charge >= 0.3 is 0 Å². The van der Waals surface area contributed by atoms with Gasteiger partial charge in [0.2, 0.25) is 0 Å². The lowest BCUT2D eigenvalue weighted by Crippen LogP contribution is -2.54. The summed E-state index contributed by atoms with van der Waals surface area (Å²) in [7, 11) is 0. The standard InChI is InChI=1S/C19H29N3O/c1-2-4-18-17(3-1)5-8-20-19(18)6-9-21(10-7-19)11-12-22-13-15-23-16-14-22/h1-4,20H,5-16H2. The average molecular weight is 315 g/mol. The van der Waals surface area contributed by atoms with E-state index in [9.17, 15) is 0 Å². The highest BCUT2D eigenvalue weighted by Crippen LogP contribution is 2.37. The molecule has 126 valence electrons. The largest absolute Gasteiger partial charge is 0.379 e. The van der Waals surface area contributed by atoms with Crippen molar-refractivity contribution in [2.45, 2.75) is 24.8 Å². The molecule has 4 nitrogen and oxygen atoms in total. The van der Waals surface area contributed by atoms with Crippen LogP contribution in [0.15, 0.2) is 24.3 Å². The number of likely N-dealkylation sites (tertiary alicyclic amines) is 1. The van der Waals surface area contributed by atoms with Crippen LogP contribution in [0.2, 0.25) is 0 Å². The van der Waals surface area contributed by atoms with Crippen LogP contribution >= 0.6 is 0 Å². The fraction of sp³-hybridized carbons (Fsp3) is 0.684. The minimum Gasteiger partial charge on any atom is -0.379 e. The highest BCUT2D eigenvalue weighted by atomic mass is 16.5. The third kappa shape index (κ3) is 3.31. The van der Waals surface area contributed by atoms with Crippen molar-refractivity contribution in [3.8, 4) is 0 Å². The number of nitrogens with zero attached hydrogens (tertiary/aromatic N) is 2. The Kier molecular flexibility index (Phi) is 4.67. The minimum absolute atomic E-state index is 0.240. The zero-order valence-corrected chi connectivity index (χ0v) is 14.1. The zero-order valence-electron chi connectivity index (χ0n) is 14.1. The summed E-state index contributed by atoms with van der Waals surface area (Å²) in [5, 5.41) is 3.86. The van der Waals surface area contributed by atoms with E-state index in [1.807, 2.05) is 0 Å². The maximum atomic E-state index is 5.44. The summed E-state index contributed by atoms with van der Waals surface area (Å²) in [6.45, 7) is 9.98. The molecule has 0 bridgehead atoms. The van der Waals surface area contributed by atoms with Crippen LogP contribution in [0, 0.1) is 0 Å². The van der Waals surface area contributed by atoms with E-state index < -0.39 is 0 Å². The summed E-state index contributed by atoms with van der Waals surface area (Å²) in [4.78, 5) is 5.20. The van der Waals surface area contributed by atoms with Gasteiger partial charge in [-0.3, -0.25) is 4.90 Å².